The molecule has 16 heavy (non-hydrogen) atoms. The molecule has 1 aromatic heterocycles. The third-order valence-corrected chi connectivity index (χ3v) is 3.10. The van der Waals surface area contributed by atoms with Crippen LogP contribution < -0.4 is 5.32 Å². The van der Waals surface area contributed by atoms with Crippen LogP contribution in [0.5, 0.6) is 0 Å². The predicted molar refractivity (Wildman–Crippen MR) is 59.7 cm³/mol. The van der Waals surface area contributed by atoms with Gasteiger partial charge in [0.25, 0.3) is 0 Å². The minimum Gasteiger partial charge on any atom is -0.478 e. The number of aryl methyl sites for hydroxylation is 1. The number of carboxylic acids is 1. The molecule has 1 heterocycles. The minimum atomic E-state index is -0.952. The first kappa shape index (κ1) is 10.9. The van der Waals surface area contributed by atoms with Crippen molar-refractivity contribution < 1.29 is 9.90 Å². The van der Waals surface area contributed by atoms with Gasteiger partial charge in [-0.25, -0.2) is 4.79 Å². The molecule has 2 unspecified atom stereocenters. The van der Waals surface area contributed by atoms with Gasteiger partial charge in [-0.15, -0.1) is 5.10 Å². The molecule has 86 valence electrons. The Hall–Kier alpha value is -1.65. The predicted octanol–water partition coefficient (Wildman–Crippen LogP) is 1.61. The van der Waals surface area contributed by atoms with Crippen LogP contribution in [0.25, 0.3) is 0 Å². The smallest absolute Gasteiger partial charge is 0.339 e. The first-order valence-corrected chi connectivity index (χ1v) is 5.34. The highest BCUT2D eigenvalue weighted by molar-refractivity contribution is 5.94. The summed E-state index contributed by atoms with van der Waals surface area (Å²) in [5.41, 5.74) is 1.58. The van der Waals surface area contributed by atoms with Crippen LogP contribution in [-0.2, 0) is 0 Å². The Kier molecular flexibility index (Phi) is 2.53. The highest BCUT2D eigenvalue weighted by Gasteiger charge is 2.34. The van der Waals surface area contributed by atoms with E-state index in [4.69, 9.17) is 5.11 Å². The third-order valence-electron chi connectivity index (χ3n) is 3.10. The summed E-state index contributed by atoms with van der Waals surface area (Å²) in [6, 6.07) is 0.342. The lowest BCUT2D eigenvalue weighted by atomic mass is 10.1. The van der Waals surface area contributed by atoms with E-state index < -0.39 is 5.97 Å². The summed E-state index contributed by atoms with van der Waals surface area (Å²) in [4.78, 5) is 11.2. The number of rotatable bonds is 3. The Balaban J connectivity index is 2.36. The largest absolute Gasteiger partial charge is 0.478 e. The Labute approximate surface area is 93.9 Å². The number of nitrogens with zero attached hydrogens (tertiary/aromatic N) is 2. The average Bonchev–Trinajstić information content (AvgIpc) is 2.88. The zero-order valence-electron chi connectivity index (χ0n) is 9.61. The van der Waals surface area contributed by atoms with Gasteiger partial charge in [-0.05, 0) is 31.7 Å². The van der Waals surface area contributed by atoms with Gasteiger partial charge in [-0.1, -0.05) is 6.92 Å². The Morgan fingerprint density at radius 1 is 1.44 bits per heavy atom. The number of hydrogen-bond acceptors (Lipinski definition) is 4. The van der Waals surface area contributed by atoms with Crippen molar-refractivity contribution in [2.45, 2.75) is 33.2 Å². The van der Waals surface area contributed by atoms with Crippen molar-refractivity contribution in [3.05, 3.63) is 16.8 Å². The van der Waals surface area contributed by atoms with Crippen LogP contribution in [-0.4, -0.2) is 27.3 Å². The second-order valence-electron chi connectivity index (χ2n) is 4.40. The van der Waals surface area contributed by atoms with E-state index in [1.807, 2.05) is 0 Å². The molecule has 0 bridgehead atoms. The van der Waals surface area contributed by atoms with Crippen molar-refractivity contribution in [1.82, 2.24) is 10.2 Å². The molecule has 0 aromatic carbocycles. The molecule has 1 aliphatic carbocycles. The van der Waals surface area contributed by atoms with E-state index in [1.54, 1.807) is 13.8 Å². The van der Waals surface area contributed by atoms with Crippen molar-refractivity contribution in [2.24, 2.45) is 5.92 Å². The van der Waals surface area contributed by atoms with Crippen LogP contribution in [0.2, 0.25) is 0 Å². The van der Waals surface area contributed by atoms with Crippen molar-refractivity contribution in [3.8, 4) is 0 Å². The molecular formula is C11H15N3O2. The van der Waals surface area contributed by atoms with Crippen LogP contribution in [0.1, 0.15) is 35.0 Å². The van der Waals surface area contributed by atoms with Gasteiger partial charge in [0.2, 0.25) is 0 Å². The number of anilines is 1. The van der Waals surface area contributed by atoms with Crippen molar-refractivity contribution in [2.75, 3.05) is 5.32 Å². The molecule has 1 saturated carbocycles. The van der Waals surface area contributed by atoms with Crippen LogP contribution in [0.4, 0.5) is 5.82 Å². The molecule has 1 aromatic rings. The fourth-order valence-corrected chi connectivity index (χ4v) is 1.67. The average molecular weight is 221 g/mol. The zero-order valence-corrected chi connectivity index (χ0v) is 9.61. The zero-order chi connectivity index (χ0) is 11.9. The van der Waals surface area contributed by atoms with Gasteiger partial charge in [0.1, 0.15) is 5.56 Å². The number of aromatic nitrogens is 2. The highest BCUT2D eigenvalue weighted by Crippen LogP contribution is 2.33. The molecule has 1 aliphatic rings. The lowest BCUT2D eigenvalue weighted by Gasteiger charge is -2.10. The third kappa shape index (κ3) is 1.85. The van der Waals surface area contributed by atoms with Crippen LogP contribution >= 0.6 is 0 Å². The minimum absolute atomic E-state index is 0.242. The second kappa shape index (κ2) is 3.73. The maximum atomic E-state index is 11.2. The van der Waals surface area contributed by atoms with Gasteiger partial charge in [0, 0.05) is 6.04 Å². The maximum Gasteiger partial charge on any atom is 0.339 e. The van der Waals surface area contributed by atoms with Gasteiger partial charge in [-0.3, -0.25) is 0 Å². The van der Waals surface area contributed by atoms with Gasteiger partial charge in [0.15, 0.2) is 5.82 Å². The molecule has 0 saturated heterocycles. The van der Waals surface area contributed by atoms with Crippen LogP contribution in [0.3, 0.4) is 0 Å². The van der Waals surface area contributed by atoms with Crippen LogP contribution in [0, 0.1) is 19.8 Å². The SMILES string of the molecule is Cc1nnc(NC2CC2C)c(C(=O)O)c1C. The van der Waals surface area contributed by atoms with E-state index in [-0.39, 0.29) is 5.56 Å². The first-order chi connectivity index (χ1) is 7.50. The number of hydrogen-bond donors (Lipinski definition) is 2. The number of carbonyl (C=O) groups is 1. The molecule has 2 atom stereocenters. The topological polar surface area (TPSA) is 75.1 Å². The summed E-state index contributed by atoms with van der Waals surface area (Å²) in [6.07, 6.45) is 1.06. The van der Waals surface area contributed by atoms with E-state index in [0.717, 1.165) is 6.42 Å². The van der Waals surface area contributed by atoms with E-state index in [2.05, 4.69) is 22.4 Å². The standard InChI is InChI=1S/C11H15N3O2/c1-5-4-8(5)12-10-9(11(15)16)6(2)7(3)13-14-10/h5,8H,4H2,1-3H3,(H,12,14)(H,15,16). The summed E-state index contributed by atoms with van der Waals surface area (Å²) in [7, 11) is 0. The molecule has 5 nitrogen and oxygen atoms in total. The summed E-state index contributed by atoms with van der Waals surface area (Å²) in [6.45, 7) is 5.64. The summed E-state index contributed by atoms with van der Waals surface area (Å²) in [5, 5.41) is 20.2. The van der Waals surface area contributed by atoms with Crippen molar-refractivity contribution in [1.29, 1.82) is 0 Å². The normalized spacial score (nSPS) is 22.9. The number of aromatic carboxylic acids is 1. The van der Waals surface area contributed by atoms with Crippen LogP contribution in [0.15, 0.2) is 0 Å². The Morgan fingerprint density at radius 2 is 2.06 bits per heavy atom. The van der Waals surface area contributed by atoms with Gasteiger partial charge in [-0.2, -0.15) is 5.10 Å². The first-order valence-electron chi connectivity index (χ1n) is 5.34. The maximum absolute atomic E-state index is 11.2. The van der Waals surface area contributed by atoms with Gasteiger partial charge in [0.05, 0.1) is 5.69 Å². The Bertz CT molecular complexity index is 445. The van der Waals surface area contributed by atoms with Gasteiger partial charge < -0.3 is 10.4 Å². The van der Waals surface area contributed by atoms with E-state index in [1.165, 1.54) is 0 Å². The van der Waals surface area contributed by atoms with E-state index in [9.17, 15) is 4.79 Å². The second-order valence-corrected chi connectivity index (χ2v) is 4.40. The molecule has 5 heteroatoms. The number of nitrogens with one attached hydrogen (secondary N) is 1. The van der Waals surface area contributed by atoms with Crippen molar-refractivity contribution in [3.63, 3.8) is 0 Å². The molecule has 1 fully saturated rings. The monoisotopic (exact) mass is 221 g/mol. The molecular weight excluding hydrogens is 206 g/mol. The highest BCUT2D eigenvalue weighted by atomic mass is 16.4. The van der Waals surface area contributed by atoms with Crippen molar-refractivity contribution >= 4 is 11.8 Å². The lowest BCUT2D eigenvalue weighted by Crippen LogP contribution is -2.14. The summed E-state index contributed by atoms with van der Waals surface area (Å²) >= 11 is 0. The molecule has 0 radical (unpaired) electrons. The van der Waals surface area contributed by atoms with Gasteiger partial charge >= 0.3 is 5.97 Å². The summed E-state index contributed by atoms with van der Waals surface area (Å²) in [5.74, 6) is 0.0290. The molecule has 0 spiro atoms. The van der Waals surface area contributed by atoms with E-state index in [0.29, 0.717) is 29.0 Å². The Morgan fingerprint density at radius 3 is 2.56 bits per heavy atom. The number of carboxylic acid groups (broad SMARTS) is 1. The lowest BCUT2D eigenvalue weighted by molar-refractivity contribution is 0.0696. The molecule has 2 rings (SSSR count). The van der Waals surface area contributed by atoms with E-state index >= 15 is 0 Å². The molecule has 2 N–H and O–H groups in total. The molecule has 0 amide bonds. The molecule has 0 aliphatic heterocycles. The fourth-order valence-electron chi connectivity index (χ4n) is 1.67. The quantitative estimate of drug-likeness (QED) is 0.811. The fraction of sp³-hybridized carbons (Fsp3) is 0.545. The summed E-state index contributed by atoms with van der Waals surface area (Å²) < 4.78 is 0.